The van der Waals surface area contributed by atoms with Crippen LogP contribution in [-0.4, -0.2) is 25.8 Å². The van der Waals surface area contributed by atoms with Crippen LogP contribution in [0.25, 0.3) is 28.2 Å². The maximum atomic E-state index is 13.4. The van der Waals surface area contributed by atoms with E-state index in [4.69, 9.17) is 18.6 Å². The molecule has 176 valence electrons. The second-order valence-corrected chi connectivity index (χ2v) is 9.87. The van der Waals surface area contributed by atoms with Gasteiger partial charge in [0.1, 0.15) is 11.9 Å². The average Bonchev–Trinajstić information content (AvgIpc) is 3.54. The Labute approximate surface area is 216 Å². The number of nitrogens with zero attached hydrogens (tertiary/aromatic N) is 4. The van der Waals surface area contributed by atoms with Crippen molar-refractivity contribution in [2.75, 3.05) is 6.26 Å². The minimum absolute atomic E-state index is 0.365. The Bertz CT molecular complexity index is 1860. The molecule has 8 nitrogen and oxygen atoms in total. The van der Waals surface area contributed by atoms with Crippen LogP contribution in [0.1, 0.15) is 22.6 Å². The zero-order valence-electron chi connectivity index (χ0n) is 18.6. The predicted octanol–water partition coefficient (Wildman–Crippen LogP) is 6.26. The lowest BCUT2D eigenvalue weighted by atomic mass is 9.84. The number of fused-ring (bicyclic) bond motifs is 6. The molecular formula is C26H15BrN4O4S. The number of rotatable bonds is 3. The Morgan fingerprint density at radius 1 is 1.00 bits per heavy atom. The third-order valence-electron chi connectivity index (χ3n) is 6.20. The van der Waals surface area contributed by atoms with E-state index in [1.54, 1.807) is 40.8 Å². The maximum absolute atomic E-state index is 13.4. The summed E-state index contributed by atoms with van der Waals surface area (Å²) in [5.41, 5.74) is 2.42. The number of halogens is 1. The van der Waals surface area contributed by atoms with Crippen molar-refractivity contribution in [1.82, 2.24) is 19.6 Å². The van der Waals surface area contributed by atoms with E-state index < -0.39 is 11.5 Å². The Morgan fingerprint density at radius 3 is 2.61 bits per heavy atom. The molecule has 0 spiro atoms. The number of para-hydroxylation sites is 1. The minimum atomic E-state index is -0.530. The highest BCUT2D eigenvalue weighted by Gasteiger charge is 2.37. The number of aromatic nitrogens is 4. The summed E-state index contributed by atoms with van der Waals surface area (Å²) in [6.07, 6.45) is 3.57. The molecule has 4 aromatic heterocycles. The van der Waals surface area contributed by atoms with Gasteiger partial charge in [-0.25, -0.2) is 19.3 Å². The molecule has 0 saturated heterocycles. The van der Waals surface area contributed by atoms with Gasteiger partial charge in [0.25, 0.3) is 0 Å². The molecule has 0 saturated carbocycles. The van der Waals surface area contributed by atoms with Crippen LogP contribution in [0, 0.1) is 0 Å². The van der Waals surface area contributed by atoms with Gasteiger partial charge in [0.15, 0.2) is 21.8 Å². The number of benzene rings is 2. The fourth-order valence-corrected chi connectivity index (χ4v) is 5.31. The standard InChI is InChI=1S/C26H15BrN4O4S/c1-36-14-8-6-13(7-9-14)19-20-22(15-4-2-3-5-16(15)34-26(20)32)35-25-21(19)24-29-23(30-31(24)12-28-25)17-10-11-18(27)33-17/h2-12,19H,1H3. The van der Waals surface area contributed by atoms with E-state index in [9.17, 15) is 4.79 Å². The summed E-state index contributed by atoms with van der Waals surface area (Å²) in [5, 5.41) is 5.26. The van der Waals surface area contributed by atoms with E-state index in [1.165, 1.54) is 0 Å². The molecule has 1 unspecified atom stereocenters. The van der Waals surface area contributed by atoms with Crippen LogP contribution in [0.15, 0.2) is 90.2 Å². The van der Waals surface area contributed by atoms with Crippen LogP contribution < -0.4 is 10.4 Å². The summed E-state index contributed by atoms with van der Waals surface area (Å²) in [6, 6.07) is 19.0. The van der Waals surface area contributed by atoms with Gasteiger partial charge in [-0.15, -0.1) is 16.9 Å². The van der Waals surface area contributed by atoms with Crippen LogP contribution in [0.4, 0.5) is 0 Å². The predicted molar refractivity (Wildman–Crippen MR) is 138 cm³/mol. The third-order valence-corrected chi connectivity index (χ3v) is 7.37. The fraction of sp³-hybridized carbons (Fsp3) is 0.0769. The van der Waals surface area contributed by atoms with Crippen molar-refractivity contribution < 1.29 is 13.6 Å². The first kappa shape index (κ1) is 21.4. The van der Waals surface area contributed by atoms with E-state index in [-0.39, 0.29) is 0 Å². The van der Waals surface area contributed by atoms with Gasteiger partial charge in [-0.05, 0) is 64.1 Å². The molecule has 1 aliphatic rings. The molecule has 10 heteroatoms. The summed E-state index contributed by atoms with van der Waals surface area (Å²) < 4.78 is 19.9. The molecule has 0 amide bonds. The second kappa shape index (κ2) is 8.07. The van der Waals surface area contributed by atoms with Gasteiger partial charge in [0.2, 0.25) is 11.7 Å². The van der Waals surface area contributed by atoms with Gasteiger partial charge in [0, 0.05) is 4.90 Å². The van der Waals surface area contributed by atoms with Gasteiger partial charge in [-0.1, -0.05) is 24.3 Å². The fourth-order valence-electron chi connectivity index (χ4n) is 4.60. The van der Waals surface area contributed by atoms with Gasteiger partial charge in [-0.2, -0.15) is 0 Å². The van der Waals surface area contributed by atoms with Crippen molar-refractivity contribution in [3.63, 3.8) is 0 Å². The van der Waals surface area contributed by atoms with Crippen LogP contribution in [0.3, 0.4) is 0 Å². The average molecular weight is 559 g/mol. The van der Waals surface area contributed by atoms with Crippen molar-refractivity contribution in [2.24, 2.45) is 0 Å². The number of hydrogen-bond acceptors (Lipinski definition) is 8. The van der Waals surface area contributed by atoms with Crippen molar-refractivity contribution in [3.05, 3.63) is 98.8 Å². The molecular weight excluding hydrogens is 544 g/mol. The first-order valence-electron chi connectivity index (χ1n) is 11.0. The quantitative estimate of drug-likeness (QED) is 0.185. The second-order valence-electron chi connectivity index (χ2n) is 8.21. The minimum Gasteiger partial charge on any atom is -0.446 e. The molecule has 7 rings (SSSR count). The van der Waals surface area contributed by atoms with Crippen molar-refractivity contribution in [1.29, 1.82) is 0 Å². The lowest BCUT2D eigenvalue weighted by molar-refractivity contribution is 0.422. The van der Waals surface area contributed by atoms with Gasteiger partial charge in [0.05, 0.1) is 22.4 Å². The Hall–Kier alpha value is -3.89. The summed E-state index contributed by atoms with van der Waals surface area (Å²) in [5.74, 6) is 1.17. The van der Waals surface area contributed by atoms with E-state index in [2.05, 4.69) is 26.0 Å². The van der Waals surface area contributed by atoms with E-state index in [0.29, 0.717) is 55.6 Å². The Balaban J connectivity index is 1.54. The first-order chi connectivity index (χ1) is 17.6. The normalized spacial score (nSPS) is 14.6. The molecule has 36 heavy (non-hydrogen) atoms. The number of ether oxygens (including phenoxy) is 1. The zero-order valence-corrected chi connectivity index (χ0v) is 21.0. The summed E-state index contributed by atoms with van der Waals surface area (Å²) in [7, 11) is 0. The monoisotopic (exact) mass is 558 g/mol. The van der Waals surface area contributed by atoms with Crippen molar-refractivity contribution >= 4 is 44.3 Å². The molecule has 0 aliphatic carbocycles. The largest absolute Gasteiger partial charge is 0.446 e. The van der Waals surface area contributed by atoms with Gasteiger partial charge < -0.3 is 13.6 Å². The van der Waals surface area contributed by atoms with Crippen LogP contribution in [0.5, 0.6) is 11.6 Å². The van der Waals surface area contributed by atoms with Crippen molar-refractivity contribution in [2.45, 2.75) is 10.8 Å². The van der Waals surface area contributed by atoms with Gasteiger partial charge >= 0.3 is 5.63 Å². The highest BCUT2D eigenvalue weighted by molar-refractivity contribution is 9.10. The van der Waals surface area contributed by atoms with Crippen molar-refractivity contribution in [3.8, 4) is 23.2 Å². The third kappa shape index (κ3) is 3.21. The molecule has 0 bridgehead atoms. The van der Waals surface area contributed by atoms with E-state index >= 15 is 0 Å². The van der Waals surface area contributed by atoms with E-state index in [0.717, 1.165) is 10.5 Å². The van der Waals surface area contributed by atoms with Crippen LogP contribution in [-0.2, 0) is 0 Å². The summed E-state index contributed by atoms with van der Waals surface area (Å²) >= 11 is 4.97. The topological polar surface area (TPSA) is 95.7 Å². The molecule has 5 heterocycles. The maximum Gasteiger partial charge on any atom is 0.344 e. The summed E-state index contributed by atoms with van der Waals surface area (Å²) in [4.78, 5) is 23.9. The lowest BCUT2D eigenvalue weighted by Crippen LogP contribution is -2.22. The SMILES string of the molecule is CSc1ccc(C2c3c(c4ccccc4oc3=O)Oc3ncn4nc(-c5ccc(Br)o5)nc4c32)cc1. The molecule has 1 aliphatic heterocycles. The highest BCUT2D eigenvalue weighted by Crippen LogP contribution is 2.49. The molecule has 1 atom stereocenters. The lowest BCUT2D eigenvalue weighted by Gasteiger charge is -2.27. The number of furan rings is 1. The summed E-state index contributed by atoms with van der Waals surface area (Å²) in [6.45, 7) is 0. The zero-order chi connectivity index (χ0) is 24.4. The van der Waals surface area contributed by atoms with Crippen LogP contribution >= 0.6 is 27.7 Å². The molecule has 0 N–H and O–H groups in total. The number of thioether (sulfide) groups is 1. The smallest absolute Gasteiger partial charge is 0.344 e. The number of hydrogen-bond donors (Lipinski definition) is 0. The molecule has 0 radical (unpaired) electrons. The molecule has 2 aromatic carbocycles. The Kier molecular flexibility index (Phi) is 4.80. The van der Waals surface area contributed by atoms with Crippen LogP contribution in [0.2, 0.25) is 0 Å². The Morgan fingerprint density at radius 2 is 1.83 bits per heavy atom. The van der Waals surface area contributed by atoms with E-state index in [1.807, 2.05) is 48.7 Å². The first-order valence-corrected chi connectivity index (χ1v) is 13.0. The highest BCUT2D eigenvalue weighted by atomic mass is 79.9. The van der Waals surface area contributed by atoms with Gasteiger partial charge in [-0.3, -0.25) is 0 Å². The molecule has 6 aromatic rings. The molecule has 0 fully saturated rings.